The molecule has 18 atom stereocenters. The first-order chi connectivity index (χ1) is 32.7. The summed E-state index contributed by atoms with van der Waals surface area (Å²) in [5.74, 6) is -1.24. The Morgan fingerprint density at radius 3 is 2.00 bits per heavy atom. The summed E-state index contributed by atoms with van der Waals surface area (Å²) < 4.78 is 28.2. The van der Waals surface area contributed by atoms with Gasteiger partial charge in [-0.2, -0.15) is 0 Å². The van der Waals surface area contributed by atoms with Gasteiger partial charge < -0.3 is 74.6 Å². The maximum absolute atomic E-state index is 14.6. The van der Waals surface area contributed by atoms with E-state index in [2.05, 4.69) is 59.8 Å². The van der Waals surface area contributed by atoms with Gasteiger partial charge in [-0.25, -0.2) is 0 Å². The van der Waals surface area contributed by atoms with Gasteiger partial charge >= 0.3 is 17.9 Å². The minimum Gasteiger partial charge on any atom is -0.569 e. The van der Waals surface area contributed by atoms with Crippen molar-refractivity contribution < 1.29 is 88.7 Å². The van der Waals surface area contributed by atoms with Gasteiger partial charge in [-0.3, -0.25) is 14.4 Å². The first-order valence-electron chi connectivity index (χ1n) is 25.1. The monoisotopic (exact) mass is 998 g/mol. The molecule has 7 rings (SSSR count). The zero-order valence-corrected chi connectivity index (χ0v) is 42.0. The van der Waals surface area contributed by atoms with Gasteiger partial charge in [-0.15, -0.1) is 5.01 Å². The number of rotatable bonds is 14. The first kappa shape index (κ1) is 54.5. The predicted octanol–water partition coefficient (Wildman–Crippen LogP) is 1.91. The van der Waals surface area contributed by atoms with Crippen LogP contribution < -0.4 is 0 Å². The smallest absolute Gasteiger partial charge is 0.315 e. The van der Waals surface area contributed by atoms with Crippen molar-refractivity contribution >= 4 is 17.9 Å². The SMILES string of the molecule is CN(CCOC(=O)CCC(=O)O[C@H]1CC[C@]2(C)[C@H]3CC=C4[C@@H]5CC(C)(C)CC[C@]5(C(=O)O[C@@H]5O[C@H](CO)[C@H](O)[C@H](O)[C@H]5O)CC[C@@]4(C)[C@]3(C)CC[C@H]2C1(C)C)/[N+]([O-])=N/O[C@@H]1O[C@H](CO)[C@H](O)[C@H](O)[C@H]1O. The van der Waals surface area contributed by atoms with Crippen LogP contribution in [0.15, 0.2) is 16.9 Å². The highest BCUT2D eigenvalue weighted by atomic mass is 16.8. The number of carbonyl (C=O) groups is 3. The lowest BCUT2D eigenvalue weighted by Gasteiger charge is -2.71. The Morgan fingerprint density at radius 2 is 1.36 bits per heavy atom. The molecule has 4 saturated carbocycles. The third kappa shape index (κ3) is 9.58. The fourth-order valence-electron chi connectivity index (χ4n) is 14.4. The molecule has 0 unspecified atom stereocenters. The Bertz CT molecular complexity index is 1980. The molecule has 5 aliphatic carbocycles. The molecule has 70 heavy (non-hydrogen) atoms. The third-order valence-corrected chi connectivity index (χ3v) is 18.9. The van der Waals surface area contributed by atoms with E-state index < -0.39 is 97.9 Å². The standard InChI is InChI=1S/C49H79N3O18/c1-44(2)17-19-49(43(63)69-41-39(61)37(59)35(57)28(24-53)66-41)20-18-47(6)26(27(49)23-44)9-10-31-46(5)15-14-32(45(3,4)30(46)13-16-48(31,47)7)68-34(56)12-11-33(55)65-22-21-51(8)52(64)50-70-42-40(62)38(60)36(58)29(25-54)67-42/h9,27-32,35-42,53-54,57-62H,10-25H2,1-8H3/b52-50-/t27-,28+,29+,30-,31+,32-,35-,36-,37-,38-,39+,40+,41-,42-,46-,47+,48+,49-/m0/s1. The largest absolute Gasteiger partial charge is 0.569 e. The maximum atomic E-state index is 14.6. The van der Waals surface area contributed by atoms with Crippen molar-refractivity contribution in [2.45, 2.75) is 193 Å². The highest BCUT2D eigenvalue weighted by molar-refractivity contribution is 5.79. The summed E-state index contributed by atoms with van der Waals surface area (Å²) in [5.41, 5.74) is -0.452. The molecule has 7 aliphatic rings. The minimum atomic E-state index is -1.76. The number of hydrogen-bond donors (Lipinski definition) is 8. The Labute approximate surface area is 409 Å². The molecular weight excluding hydrogens is 919 g/mol. The Kier molecular flexibility index (Phi) is 15.8. The summed E-state index contributed by atoms with van der Waals surface area (Å²) in [6, 6.07) is 0. The zero-order valence-electron chi connectivity index (χ0n) is 42.0. The molecule has 0 spiro atoms. The van der Waals surface area contributed by atoms with Crippen molar-refractivity contribution in [1.82, 2.24) is 5.01 Å². The molecule has 0 aromatic rings. The molecule has 2 heterocycles. The van der Waals surface area contributed by atoms with Gasteiger partial charge in [-0.1, -0.05) is 60.1 Å². The van der Waals surface area contributed by atoms with E-state index in [-0.39, 0.29) is 76.0 Å². The van der Waals surface area contributed by atoms with E-state index in [0.29, 0.717) is 25.2 Å². The van der Waals surface area contributed by atoms with E-state index in [4.69, 9.17) is 28.5 Å². The Balaban J connectivity index is 0.951. The van der Waals surface area contributed by atoms with Crippen LogP contribution in [0.3, 0.4) is 0 Å². The van der Waals surface area contributed by atoms with E-state index >= 15 is 0 Å². The second-order valence-electron chi connectivity index (χ2n) is 23.6. The van der Waals surface area contributed by atoms with Crippen molar-refractivity contribution in [2.24, 2.45) is 55.5 Å². The third-order valence-electron chi connectivity index (χ3n) is 18.9. The Morgan fingerprint density at radius 1 is 0.757 bits per heavy atom. The molecule has 0 radical (unpaired) electrons. The first-order valence-corrected chi connectivity index (χ1v) is 25.1. The number of nitrogens with zero attached hydrogens (tertiary/aromatic N) is 3. The quantitative estimate of drug-likeness (QED) is 0.0308. The summed E-state index contributed by atoms with van der Waals surface area (Å²) in [4.78, 5) is 45.5. The van der Waals surface area contributed by atoms with Crippen molar-refractivity contribution in [3.63, 3.8) is 0 Å². The number of allylic oxidation sites excluding steroid dienone is 2. The summed E-state index contributed by atoms with van der Waals surface area (Å²) in [5, 5.41) is 97.3. The topological polar surface area (TPSA) is 310 Å². The number of likely N-dealkylation sites (N-methyl/N-ethyl adjacent to an activating group) is 1. The van der Waals surface area contributed by atoms with Gasteiger partial charge in [0.2, 0.25) is 11.6 Å². The van der Waals surface area contributed by atoms with Crippen LogP contribution >= 0.6 is 0 Å². The lowest BCUT2D eigenvalue weighted by atomic mass is 9.33. The highest BCUT2D eigenvalue weighted by Crippen LogP contribution is 2.76. The molecule has 2 aliphatic heterocycles. The van der Waals surface area contributed by atoms with Crippen LogP contribution in [0.4, 0.5) is 0 Å². The molecule has 0 bridgehead atoms. The summed E-state index contributed by atoms with van der Waals surface area (Å²) >= 11 is 0. The molecule has 398 valence electrons. The van der Waals surface area contributed by atoms with Crippen LogP contribution in [-0.4, -0.2) is 170 Å². The van der Waals surface area contributed by atoms with Crippen LogP contribution in [0, 0.1) is 55.5 Å². The average molecular weight is 998 g/mol. The van der Waals surface area contributed by atoms with E-state index in [1.54, 1.807) is 0 Å². The van der Waals surface area contributed by atoms with Crippen molar-refractivity contribution in [3.8, 4) is 0 Å². The Hall–Kier alpha value is -3.25. The van der Waals surface area contributed by atoms with Crippen LogP contribution in [0.2, 0.25) is 0 Å². The van der Waals surface area contributed by atoms with E-state index in [9.17, 15) is 60.4 Å². The van der Waals surface area contributed by atoms with E-state index in [1.807, 2.05) is 0 Å². The molecule has 0 aromatic heterocycles. The van der Waals surface area contributed by atoms with Gasteiger partial charge in [0.15, 0.2) is 0 Å². The van der Waals surface area contributed by atoms with Gasteiger partial charge in [0.25, 0.3) is 6.29 Å². The number of hydrogen-bond acceptors (Lipinski definition) is 19. The van der Waals surface area contributed by atoms with Crippen molar-refractivity contribution in [1.29, 1.82) is 0 Å². The van der Waals surface area contributed by atoms with Crippen LogP contribution in [-0.2, 0) is 42.9 Å². The summed E-state index contributed by atoms with van der Waals surface area (Å²) in [6.07, 6.45) is -6.31. The zero-order chi connectivity index (χ0) is 51.5. The number of ether oxygens (including phenoxy) is 5. The molecule has 0 amide bonds. The van der Waals surface area contributed by atoms with Crippen LogP contribution in [0.25, 0.3) is 0 Å². The molecule has 2 saturated heterocycles. The molecule has 6 fully saturated rings. The number of aliphatic hydroxyl groups excluding tert-OH is 8. The normalized spacial score (nSPS) is 44.2. The number of fused-ring (bicyclic) bond motifs is 7. The van der Waals surface area contributed by atoms with Crippen LogP contribution in [0.5, 0.6) is 0 Å². The molecule has 0 aromatic carbocycles. The second-order valence-corrected chi connectivity index (χ2v) is 23.6. The van der Waals surface area contributed by atoms with Gasteiger partial charge in [0.1, 0.15) is 68.1 Å². The van der Waals surface area contributed by atoms with Gasteiger partial charge in [-0.05, 0) is 104 Å². The predicted molar refractivity (Wildman–Crippen MR) is 243 cm³/mol. The summed E-state index contributed by atoms with van der Waals surface area (Å²) in [6.45, 7) is 14.4. The number of hydrazine groups is 1. The number of carbonyl (C=O) groups excluding carboxylic acids is 3. The lowest BCUT2D eigenvalue weighted by molar-refractivity contribution is -0.708. The molecular formula is C49H79N3O18. The fraction of sp³-hybridized carbons (Fsp3) is 0.898. The maximum Gasteiger partial charge on any atom is 0.315 e. The number of aliphatic hydroxyl groups is 8. The minimum absolute atomic E-state index is 0.00344. The fourth-order valence-corrected chi connectivity index (χ4v) is 14.4. The number of esters is 3. The molecule has 8 N–H and O–H groups in total. The average Bonchev–Trinajstić information content (AvgIpc) is 3.30. The summed E-state index contributed by atoms with van der Waals surface area (Å²) in [7, 11) is 1.32. The highest BCUT2D eigenvalue weighted by Gasteiger charge is 2.70. The van der Waals surface area contributed by atoms with E-state index in [1.165, 1.54) is 12.6 Å². The van der Waals surface area contributed by atoms with Gasteiger partial charge in [0, 0.05) is 5.41 Å². The van der Waals surface area contributed by atoms with Crippen LogP contribution in [0.1, 0.15) is 126 Å². The second kappa shape index (κ2) is 20.2. The van der Waals surface area contributed by atoms with Crippen molar-refractivity contribution in [3.05, 3.63) is 16.9 Å². The molecule has 21 heteroatoms. The molecule has 21 nitrogen and oxygen atoms in total. The van der Waals surface area contributed by atoms with Crippen molar-refractivity contribution in [2.75, 3.05) is 33.4 Å². The van der Waals surface area contributed by atoms with E-state index in [0.717, 1.165) is 50.0 Å². The van der Waals surface area contributed by atoms with Gasteiger partial charge in [0.05, 0.1) is 43.5 Å². The lowest BCUT2D eigenvalue weighted by Crippen LogP contribution is -2.65.